The Morgan fingerprint density at radius 3 is 2.56 bits per heavy atom. The molecule has 0 heterocycles. The number of hydrogen-bond acceptors (Lipinski definition) is 3. The molecule has 0 aliphatic rings. The molecule has 0 saturated heterocycles. The molecule has 0 spiro atoms. The monoisotopic (exact) mass is 243 g/mol. The van der Waals surface area contributed by atoms with Gasteiger partial charge in [0.2, 0.25) is 10.0 Å². The molecule has 16 heavy (non-hydrogen) atoms. The van der Waals surface area contributed by atoms with Crippen molar-refractivity contribution in [1.82, 2.24) is 4.72 Å². The van der Waals surface area contributed by atoms with E-state index in [9.17, 15) is 8.42 Å². The third-order valence-corrected chi connectivity index (χ3v) is 3.77. The summed E-state index contributed by atoms with van der Waals surface area (Å²) in [6.07, 6.45) is -0.695. The van der Waals surface area contributed by atoms with Crippen LogP contribution in [0.1, 0.15) is 18.1 Å². The van der Waals surface area contributed by atoms with Crippen molar-refractivity contribution < 1.29 is 13.5 Å². The summed E-state index contributed by atoms with van der Waals surface area (Å²) in [6.45, 7) is 5.14. The summed E-state index contributed by atoms with van der Waals surface area (Å²) >= 11 is 0. The lowest BCUT2D eigenvalue weighted by Gasteiger charge is -2.11. The Kier molecular flexibility index (Phi) is 4.07. The van der Waals surface area contributed by atoms with E-state index < -0.39 is 16.1 Å². The lowest BCUT2D eigenvalue weighted by molar-refractivity contribution is 0.198. The molecule has 1 aromatic rings. The number of benzene rings is 1. The smallest absolute Gasteiger partial charge is 0.240 e. The Balaban J connectivity index is 3.02. The van der Waals surface area contributed by atoms with Crippen LogP contribution in [-0.4, -0.2) is 26.2 Å². The van der Waals surface area contributed by atoms with Gasteiger partial charge in [-0.25, -0.2) is 13.1 Å². The number of sulfonamides is 1. The van der Waals surface area contributed by atoms with Gasteiger partial charge in [-0.05, 0) is 38.0 Å². The predicted octanol–water partition coefficient (Wildman–Crippen LogP) is 0.963. The molecule has 5 heteroatoms. The van der Waals surface area contributed by atoms with Crippen molar-refractivity contribution in [2.75, 3.05) is 6.54 Å². The van der Waals surface area contributed by atoms with Gasteiger partial charge < -0.3 is 5.11 Å². The van der Waals surface area contributed by atoms with Crippen molar-refractivity contribution in [3.8, 4) is 0 Å². The van der Waals surface area contributed by atoms with Crippen LogP contribution < -0.4 is 4.72 Å². The fourth-order valence-corrected chi connectivity index (χ4v) is 2.75. The van der Waals surface area contributed by atoms with Gasteiger partial charge in [-0.2, -0.15) is 0 Å². The Bertz CT molecular complexity index is 466. The van der Waals surface area contributed by atoms with E-state index in [1.54, 1.807) is 19.1 Å². The molecular weight excluding hydrogens is 226 g/mol. The SMILES string of the molecule is Cc1ccc(C)c(S(=O)(=O)NC[C@@H](C)O)c1. The Morgan fingerprint density at radius 2 is 2.00 bits per heavy atom. The maximum Gasteiger partial charge on any atom is 0.240 e. The maximum absolute atomic E-state index is 11.9. The zero-order valence-corrected chi connectivity index (χ0v) is 10.5. The summed E-state index contributed by atoms with van der Waals surface area (Å²) in [6, 6.07) is 5.26. The van der Waals surface area contributed by atoms with Crippen molar-refractivity contribution in [3.05, 3.63) is 29.3 Å². The van der Waals surface area contributed by atoms with Gasteiger partial charge in [-0.1, -0.05) is 12.1 Å². The highest BCUT2D eigenvalue weighted by Crippen LogP contribution is 2.16. The van der Waals surface area contributed by atoms with Gasteiger partial charge in [0.15, 0.2) is 0 Å². The first-order valence-electron chi connectivity index (χ1n) is 5.08. The Morgan fingerprint density at radius 1 is 1.38 bits per heavy atom. The standard InChI is InChI=1S/C11H17NO3S/c1-8-4-5-9(2)11(6-8)16(14,15)12-7-10(3)13/h4-6,10,12-13H,7H2,1-3H3/t10-/m1/s1. The zero-order valence-electron chi connectivity index (χ0n) is 9.69. The summed E-state index contributed by atoms with van der Waals surface area (Å²) in [4.78, 5) is 0.271. The van der Waals surface area contributed by atoms with Crippen LogP contribution in [0.25, 0.3) is 0 Å². The summed E-state index contributed by atoms with van der Waals surface area (Å²) in [5.41, 5.74) is 1.59. The Labute approximate surface area is 96.4 Å². The molecule has 90 valence electrons. The second-order valence-electron chi connectivity index (χ2n) is 3.97. The van der Waals surface area contributed by atoms with E-state index in [2.05, 4.69) is 4.72 Å². The van der Waals surface area contributed by atoms with Crippen LogP contribution in [0, 0.1) is 13.8 Å². The number of rotatable bonds is 4. The average Bonchev–Trinajstić information content (AvgIpc) is 2.19. The van der Waals surface area contributed by atoms with E-state index in [0.717, 1.165) is 5.56 Å². The van der Waals surface area contributed by atoms with E-state index in [0.29, 0.717) is 5.56 Å². The van der Waals surface area contributed by atoms with Crippen molar-refractivity contribution >= 4 is 10.0 Å². The van der Waals surface area contributed by atoms with Gasteiger partial charge in [0.1, 0.15) is 0 Å². The lowest BCUT2D eigenvalue weighted by atomic mass is 10.2. The molecule has 1 atom stereocenters. The van der Waals surface area contributed by atoms with Gasteiger partial charge in [0, 0.05) is 6.54 Å². The van der Waals surface area contributed by atoms with Crippen molar-refractivity contribution in [2.45, 2.75) is 31.8 Å². The Hall–Kier alpha value is -0.910. The summed E-state index contributed by atoms with van der Waals surface area (Å²) in [5, 5.41) is 9.06. The number of aryl methyl sites for hydroxylation is 2. The molecule has 1 aromatic carbocycles. The highest BCUT2D eigenvalue weighted by atomic mass is 32.2. The van der Waals surface area contributed by atoms with Crippen molar-refractivity contribution in [3.63, 3.8) is 0 Å². The van der Waals surface area contributed by atoms with E-state index in [4.69, 9.17) is 5.11 Å². The zero-order chi connectivity index (χ0) is 12.3. The molecule has 0 aliphatic heterocycles. The average molecular weight is 243 g/mol. The first-order chi connectivity index (χ1) is 7.33. The normalized spacial score (nSPS) is 13.8. The highest BCUT2D eigenvalue weighted by Gasteiger charge is 2.16. The summed E-state index contributed by atoms with van der Waals surface area (Å²) < 4.78 is 26.1. The summed E-state index contributed by atoms with van der Waals surface area (Å²) in [7, 11) is -3.52. The lowest BCUT2D eigenvalue weighted by Crippen LogP contribution is -2.31. The van der Waals surface area contributed by atoms with E-state index in [1.165, 1.54) is 6.92 Å². The van der Waals surface area contributed by atoms with Crippen molar-refractivity contribution in [1.29, 1.82) is 0 Å². The van der Waals surface area contributed by atoms with Gasteiger partial charge in [-0.15, -0.1) is 0 Å². The summed E-state index contributed by atoms with van der Waals surface area (Å²) in [5.74, 6) is 0. The van der Waals surface area contributed by atoms with Gasteiger partial charge >= 0.3 is 0 Å². The van der Waals surface area contributed by atoms with E-state index in [1.807, 2.05) is 13.0 Å². The molecule has 0 radical (unpaired) electrons. The van der Waals surface area contributed by atoms with Gasteiger partial charge in [-0.3, -0.25) is 0 Å². The minimum Gasteiger partial charge on any atom is -0.392 e. The fourth-order valence-electron chi connectivity index (χ4n) is 1.30. The minimum atomic E-state index is -3.52. The fraction of sp³-hybridized carbons (Fsp3) is 0.455. The van der Waals surface area contributed by atoms with E-state index >= 15 is 0 Å². The molecule has 0 amide bonds. The largest absolute Gasteiger partial charge is 0.392 e. The molecule has 0 aromatic heterocycles. The van der Waals surface area contributed by atoms with Crippen LogP contribution in [-0.2, 0) is 10.0 Å². The quantitative estimate of drug-likeness (QED) is 0.828. The molecule has 2 N–H and O–H groups in total. The molecule has 0 unspecified atom stereocenters. The van der Waals surface area contributed by atoms with E-state index in [-0.39, 0.29) is 11.4 Å². The van der Waals surface area contributed by atoms with Crippen LogP contribution in [0.3, 0.4) is 0 Å². The second kappa shape index (κ2) is 4.95. The third-order valence-electron chi connectivity index (χ3n) is 2.20. The van der Waals surface area contributed by atoms with Crippen molar-refractivity contribution in [2.24, 2.45) is 0 Å². The number of aliphatic hydroxyl groups excluding tert-OH is 1. The molecule has 1 rings (SSSR count). The predicted molar refractivity (Wildman–Crippen MR) is 62.8 cm³/mol. The van der Waals surface area contributed by atoms with Gasteiger partial charge in [0.25, 0.3) is 0 Å². The van der Waals surface area contributed by atoms with Gasteiger partial charge in [0.05, 0.1) is 11.0 Å². The minimum absolute atomic E-state index is 0.0235. The molecule has 4 nitrogen and oxygen atoms in total. The molecular formula is C11H17NO3S. The molecule has 0 saturated carbocycles. The van der Waals surface area contributed by atoms with Crippen LogP contribution in [0.2, 0.25) is 0 Å². The topological polar surface area (TPSA) is 66.4 Å². The molecule has 0 aliphatic carbocycles. The first kappa shape index (κ1) is 13.2. The molecule has 0 fully saturated rings. The van der Waals surface area contributed by atoms with Crippen LogP contribution in [0.4, 0.5) is 0 Å². The maximum atomic E-state index is 11.9. The van der Waals surface area contributed by atoms with Crippen LogP contribution >= 0.6 is 0 Å². The van der Waals surface area contributed by atoms with Crippen LogP contribution in [0.5, 0.6) is 0 Å². The molecule has 0 bridgehead atoms. The number of hydrogen-bond donors (Lipinski definition) is 2. The second-order valence-corrected chi connectivity index (χ2v) is 5.71. The number of aliphatic hydroxyl groups is 1. The third kappa shape index (κ3) is 3.30. The highest BCUT2D eigenvalue weighted by molar-refractivity contribution is 7.89. The van der Waals surface area contributed by atoms with Crippen LogP contribution in [0.15, 0.2) is 23.1 Å². The number of nitrogens with one attached hydrogen (secondary N) is 1. The first-order valence-corrected chi connectivity index (χ1v) is 6.56.